The molecule has 2 amide bonds. The fraction of sp³-hybridized carbons (Fsp3) is 0.294. The zero-order chi connectivity index (χ0) is 21.0. The number of aromatic nitrogens is 2. The van der Waals surface area contributed by atoms with Gasteiger partial charge in [-0.15, -0.1) is 0 Å². The van der Waals surface area contributed by atoms with Crippen molar-refractivity contribution < 1.29 is 32.2 Å². The maximum atomic E-state index is 12.6. The Kier molecular flexibility index (Phi) is 5.94. The van der Waals surface area contributed by atoms with Gasteiger partial charge in [0.2, 0.25) is 11.8 Å². The van der Waals surface area contributed by atoms with Crippen molar-refractivity contribution in [2.45, 2.75) is 17.9 Å². The van der Waals surface area contributed by atoms with Gasteiger partial charge >= 0.3 is 12.0 Å². The molecule has 0 spiro atoms. The van der Waals surface area contributed by atoms with Crippen LogP contribution in [0.25, 0.3) is 0 Å². The Balaban J connectivity index is 1.74. The first-order chi connectivity index (χ1) is 13.8. The van der Waals surface area contributed by atoms with Crippen LogP contribution in [0.15, 0.2) is 35.2 Å². The molecule has 1 aliphatic rings. The predicted molar refractivity (Wildman–Crippen MR) is 99.1 cm³/mol. The molecule has 1 aromatic heterocycles. The lowest BCUT2D eigenvalue weighted by molar-refractivity contribution is 0.0472. The molecule has 1 aliphatic heterocycles. The van der Waals surface area contributed by atoms with E-state index in [1.807, 2.05) is 4.72 Å². The fourth-order valence-electron chi connectivity index (χ4n) is 2.28. The van der Waals surface area contributed by atoms with Crippen LogP contribution in [0.1, 0.15) is 16.1 Å². The summed E-state index contributed by atoms with van der Waals surface area (Å²) in [6.45, 7) is 2.16. The average Bonchev–Trinajstić information content (AvgIpc) is 3.49. The van der Waals surface area contributed by atoms with Gasteiger partial charge in [-0.3, -0.25) is 5.32 Å². The molecule has 11 nitrogen and oxygen atoms in total. The number of sulfonamides is 1. The van der Waals surface area contributed by atoms with Crippen molar-refractivity contribution in [1.29, 1.82) is 0 Å². The molecule has 154 valence electrons. The number of esters is 1. The van der Waals surface area contributed by atoms with Crippen LogP contribution in [0.3, 0.4) is 0 Å². The largest absolute Gasteiger partial charge is 0.481 e. The van der Waals surface area contributed by atoms with Crippen molar-refractivity contribution in [3.05, 3.63) is 41.6 Å². The zero-order valence-electron chi connectivity index (χ0n) is 15.5. The molecule has 0 saturated carbocycles. The molecule has 1 fully saturated rings. The summed E-state index contributed by atoms with van der Waals surface area (Å²) in [4.78, 5) is 31.9. The lowest BCUT2D eigenvalue weighted by Gasteiger charge is -2.12. The zero-order valence-corrected chi connectivity index (χ0v) is 16.4. The van der Waals surface area contributed by atoms with Gasteiger partial charge in [0.25, 0.3) is 10.0 Å². The fourth-order valence-corrected chi connectivity index (χ4v) is 3.39. The molecular formula is C17H18N4O7S. The Morgan fingerprint density at radius 1 is 1.28 bits per heavy atom. The van der Waals surface area contributed by atoms with Crippen molar-refractivity contribution in [3.63, 3.8) is 0 Å². The Bertz CT molecular complexity index is 1040. The predicted octanol–water partition coefficient (Wildman–Crippen LogP) is 0.860. The van der Waals surface area contributed by atoms with Gasteiger partial charge < -0.3 is 14.2 Å². The van der Waals surface area contributed by atoms with Gasteiger partial charge in [-0.25, -0.2) is 27.7 Å². The first-order valence-electron chi connectivity index (χ1n) is 8.40. The second-order valence-corrected chi connectivity index (χ2v) is 7.64. The third-order valence-corrected chi connectivity index (χ3v) is 5.08. The number of amides is 2. The van der Waals surface area contributed by atoms with Gasteiger partial charge in [-0.1, -0.05) is 12.1 Å². The Hall–Kier alpha value is -3.25. The SMILES string of the molecule is COc1cc(C)nc(NC(=O)NS(=O)(=O)c2ccccc2C(=O)OCC2CO2)n1. The molecule has 1 aromatic carbocycles. The molecule has 12 heteroatoms. The van der Waals surface area contributed by atoms with E-state index in [4.69, 9.17) is 14.2 Å². The first-order valence-corrected chi connectivity index (χ1v) is 9.88. The molecule has 3 rings (SSSR count). The third kappa shape index (κ3) is 5.39. The van der Waals surface area contributed by atoms with E-state index in [1.54, 1.807) is 6.92 Å². The maximum Gasteiger partial charge on any atom is 0.339 e. The van der Waals surface area contributed by atoms with Crippen LogP contribution < -0.4 is 14.8 Å². The summed E-state index contributed by atoms with van der Waals surface area (Å²) in [5.41, 5.74) is 0.296. The second kappa shape index (κ2) is 8.41. The molecule has 0 aliphatic carbocycles. The van der Waals surface area contributed by atoms with Crippen molar-refractivity contribution >= 4 is 28.0 Å². The Morgan fingerprint density at radius 2 is 2.00 bits per heavy atom. The van der Waals surface area contributed by atoms with E-state index in [9.17, 15) is 18.0 Å². The van der Waals surface area contributed by atoms with Crippen LogP contribution in [0, 0.1) is 6.92 Å². The number of hydrogen-bond acceptors (Lipinski definition) is 9. The highest BCUT2D eigenvalue weighted by Gasteiger charge is 2.28. The van der Waals surface area contributed by atoms with Gasteiger partial charge in [0.1, 0.15) is 17.6 Å². The van der Waals surface area contributed by atoms with Crippen molar-refractivity contribution in [2.75, 3.05) is 25.6 Å². The number of aryl methyl sites for hydroxylation is 1. The third-order valence-electron chi connectivity index (χ3n) is 3.69. The van der Waals surface area contributed by atoms with Gasteiger partial charge in [0, 0.05) is 11.8 Å². The highest BCUT2D eigenvalue weighted by atomic mass is 32.2. The van der Waals surface area contributed by atoms with Crippen LogP contribution in [0.4, 0.5) is 10.7 Å². The van der Waals surface area contributed by atoms with E-state index in [1.165, 1.54) is 37.4 Å². The minimum absolute atomic E-state index is 0.0215. The van der Waals surface area contributed by atoms with E-state index in [2.05, 4.69) is 15.3 Å². The van der Waals surface area contributed by atoms with E-state index >= 15 is 0 Å². The van der Waals surface area contributed by atoms with Crippen molar-refractivity contribution in [3.8, 4) is 5.88 Å². The van der Waals surface area contributed by atoms with E-state index in [0.29, 0.717) is 12.3 Å². The minimum atomic E-state index is -4.38. The van der Waals surface area contributed by atoms with Gasteiger partial charge in [0.15, 0.2) is 0 Å². The van der Waals surface area contributed by atoms with Crippen molar-refractivity contribution in [1.82, 2.24) is 14.7 Å². The molecular weight excluding hydrogens is 404 g/mol. The van der Waals surface area contributed by atoms with Crippen LogP contribution in [0.5, 0.6) is 5.88 Å². The van der Waals surface area contributed by atoms with E-state index in [0.717, 1.165) is 0 Å². The number of carbonyl (C=O) groups is 2. The number of hydrogen-bond donors (Lipinski definition) is 2. The number of methoxy groups -OCH3 is 1. The summed E-state index contributed by atoms with van der Waals surface area (Å²) in [5.74, 6) is -0.788. The van der Waals surface area contributed by atoms with E-state index < -0.39 is 26.9 Å². The van der Waals surface area contributed by atoms with Crippen LogP contribution in [0.2, 0.25) is 0 Å². The topological polar surface area (TPSA) is 149 Å². The highest BCUT2D eigenvalue weighted by molar-refractivity contribution is 7.90. The number of nitrogens with zero attached hydrogens (tertiary/aromatic N) is 2. The number of carbonyl (C=O) groups excluding carboxylic acids is 2. The molecule has 2 heterocycles. The van der Waals surface area contributed by atoms with Crippen LogP contribution in [-0.2, 0) is 19.5 Å². The molecule has 0 radical (unpaired) electrons. The normalized spacial score (nSPS) is 15.3. The number of rotatable bonds is 7. The highest BCUT2D eigenvalue weighted by Crippen LogP contribution is 2.18. The number of urea groups is 1. The molecule has 0 bridgehead atoms. The molecule has 1 saturated heterocycles. The van der Waals surface area contributed by atoms with Gasteiger partial charge in [-0.05, 0) is 19.1 Å². The Morgan fingerprint density at radius 3 is 2.69 bits per heavy atom. The summed E-state index contributed by atoms with van der Waals surface area (Å²) >= 11 is 0. The lowest BCUT2D eigenvalue weighted by atomic mass is 10.2. The first kappa shape index (κ1) is 20.5. The molecule has 2 aromatic rings. The Labute approximate surface area is 166 Å². The summed E-state index contributed by atoms with van der Waals surface area (Å²) in [6, 6.07) is 5.81. The molecule has 29 heavy (non-hydrogen) atoms. The lowest BCUT2D eigenvalue weighted by Crippen LogP contribution is -2.35. The minimum Gasteiger partial charge on any atom is -0.481 e. The van der Waals surface area contributed by atoms with Crippen LogP contribution >= 0.6 is 0 Å². The molecule has 1 atom stereocenters. The summed E-state index contributed by atoms with van der Waals surface area (Å²) < 4.78 is 42.0. The standard InChI is InChI=1S/C17H18N4O7S/c1-10-7-14(26-2)19-16(18-10)20-17(23)21-29(24,25)13-6-4-3-5-12(13)15(22)28-9-11-8-27-11/h3-7,11H,8-9H2,1-2H3,(H2,18,19,20,21,23). The smallest absolute Gasteiger partial charge is 0.339 e. The number of epoxide rings is 1. The van der Waals surface area contributed by atoms with E-state index in [-0.39, 0.29) is 30.1 Å². The number of benzene rings is 1. The monoisotopic (exact) mass is 422 g/mol. The second-order valence-electron chi connectivity index (χ2n) is 5.98. The quantitative estimate of drug-likeness (QED) is 0.489. The number of nitrogens with one attached hydrogen (secondary N) is 2. The molecule has 2 N–H and O–H groups in total. The number of ether oxygens (including phenoxy) is 3. The average molecular weight is 422 g/mol. The summed E-state index contributed by atoms with van der Waals surface area (Å²) in [6.07, 6.45) is -0.169. The van der Waals surface area contributed by atoms with Gasteiger partial charge in [-0.2, -0.15) is 4.98 Å². The summed E-state index contributed by atoms with van der Waals surface area (Å²) in [7, 11) is -2.99. The van der Waals surface area contributed by atoms with Gasteiger partial charge in [0.05, 0.1) is 19.3 Å². The molecule has 1 unspecified atom stereocenters. The maximum absolute atomic E-state index is 12.6. The van der Waals surface area contributed by atoms with Crippen molar-refractivity contribution in [2.24, 2.45) is 0 Å². The number of anilines is 1. The summed E-state index contributed by atoms with van der Waals surface area (Å²) in [5, 5.41) is 2.22. The van der Waals surface area contributed by atoms with Crippen LogP contribution in [-0.4, -0.2) is 56.8 Å².